The van der Waals surface area contributed by atoms with E-state index in [1.165, 1.54) is 16.7 Å². The molecule has 0 radical (unpaired) electrons. The number of pyridine rings is 1. The molecule has 4 nitrogen and oxygen atoms in total. The van der Waals surface area contributed by atoms with Crippen molar-refractivity contribution in [2.75, 3.05) is 11.9 Å². The zero-order chi connectivity index (χ0) is 17.7. The summed E-state index contributed by atoms with van der Waals surface area (Å²) in [5.41, 5.74) is 6.01. The first-order valence-electron chi connectivity index (χ1n) is 8.46. The average Bonchev–Trinajstić information content (AvgIpc) is 2.50. The molecule has 1 aromatic carbocycles. The van der Waals surface area contributed by atoms with Gasteiger partial charge < -0.3 is 10.6 Å². The molecule has 0 fully saturated rings. The van der Waals surface area contributed by atoms with Crippen molar-refractivity contribution in [2.24, 2.45) is 5.92 Å². The number of carbonyl (C=O) groups excluding carboxylic acids is 1. The van der Waals surface area contributed by atoms with Crippen molar-refractivity contribution in [3.8, 4) is 0 Å². The van der Waals surface area contributed by atoms with Gasteiger partial charge in [0.05, 0.1) is 0 Å². The number of aryl methyl sites for hydroxylation is 3. The number of hydrogen-bond donors (Lipinski definition) is 2. The molecule has 2 N–H and O–H groups in total. The molecule has 0 saturated heterocycles. The second-order valence-corrected chi connectivity index (χ2v) is 6.77. The maximum absolute atomic E-state index is 12.2. The molecular weight excluding hydrogens is 298 g/mol. The minimum atomic E-state index is -0.128. The van der Waals surface area contributed by atoms with Gasteiger partial charge >= 0.3 is 0 Å². The zero-order valence-electron chi connectivity index (χ0n) is 15.2. The number of benzene rings is 1. The Morgan fingerprint density at radius 2 is 1.79 bits per heavy atom. The first kappa shape index (κ1) is 18.0. The lowest BCUT2D eigenvalue weighted by Crippen LogP contribution is -2.26. The fraction of sp³-hybridized carbons (Fsp3) is 0.400. The van der Waals surface area contributed by atoms with Gasteiger partial charge in [-0.15, -0.1) is 0 Å². The van der Waals surface area contributed by atoms with E-state index in [1.54, 1.807) is 12.3 Å². The lowest BCUT2D eigenvalue weighted by molar-refractivity contribution is 0.0947. The first-order valence-corrected chi connectivity index (χ1v) is 8.46. The van der Waals surface area contributed by atoms with Crippen molar-refractivity contribution < 1.29 is 4.79 Å². The summed E-state index contributed by atoms with van der Waals surface area (Å²) in [6.45, 7) is 11.2. The monoisotopic (exact) mass is 325 g/mol. The third-order valence-electron chi connectivity index (χ3n) is 3.95. The summed E-state index contributed by atoms with van der Waals surface area (Å²) in [4.78, 5) is 16.4. The van der Waals surface area contributed by atoms with Crippen LogP contribution in [0.2, 0.25) is 0 Å². The fourth-order valence-corrected chi connectivity index (χ4v) is 2.72. The summed E-state index contributed by atoms with van der Waals surface area (Å²) in [6, 6.07) is 7.97. The molecule has 24 heavy (non-hydrogen) atoms. The van der Waals surface area contributed by atoms with Crippen LogP contribution in [0.3, 0.4) is 0 Å². The SMILES string of the molecule is Cc1cc(C)c(Nc2ccnc(C(=O)NCCC(C)C)c2)c(C)c1. The van der Waals surface area contributed by atoms with Gasteiger partial charge in [0.15, 0.2) is 0 Å². The van der Waals surface area contributed by atoms with Gasteiger partial charge in [0, 0.05) is 24.1 Å². The highest BCUT2D eigenvalue weighted by molar-refractivity contribution is 5.93. The number of nitrogens with zero attached hydrogens (tertiary/aromatic N) is 1. The Kier molecular flexibility index (Phi) is 5.96. The van der Waals surface area contributed by atoms with Crippen LogP contribution in [0.4, 0.5) is 11.4 Å². The van der Waals surface area contributed by atoms with Crippen LogP contribution in [0.1, 0.15) is 47.4 Å². The van der Waals surface area contributed by atoms with Crippen molar-refractivity contribution in [3.63, 3.8) is 0 Å². The summed E-state index contributed by atoms with van der Waals surface area (Å²) >= 11 is 0. The van der Waals surface area contributed by atoms with Gasteiger partial charge in [0.2, 0.25) is 0 Å². The Morgan fingerprint density at radius 1 is 1.12 bits per heavy atom. The van der Waals surface area contributed by atoms with Crippen LogP contribution in [0.15, 0.2) is 30.5 Å². The molecule has 0 spiro atoms. The second kappa shape index (κ2) is 7.95. The predicted octanol–water partition coefficient (Wildman–Crippen LogP) is 4.53. The van der Waals surface area contributed by atoms with Crippen molar-refractivity contribution >= 4 is 17.3 Å². The Bertz CT molecular complexity index is 700. The molecule has 128 valence electrons. The van der Waals surface area contributed by atoms with E-state index in [4.69, 9.17) is 0 Å². The zero-order valence-corrected chi connectivity index (χ0v) is 15.2. The summed E-state index contributed by atoms with van der Waals surface area (Å²) in [5, 5.41) is 6.34. The van der Waals surface area contributed by atoms with E-state index >= 15 is 0 Å². The van der Waals surface area contributed by atoms with Gasteiger partial charge in [-0.05, 0) is 56.4 Å². The van der Waals surface area contributed by atoms with E-state index in [1.807, 2.05) is 6.07 Å². The Balaban J connectivity index is 2.12. The van der Waals surface area contributed by atoms with E-state index in [0.29, 0.717) is 18.2 Å². The summed E-state index contributed by atoms with van der Waals surface area (Å²) in [6.07, 6.45) is 2.63. The van der Waals surface area contributed by atoms with E-state index in [0.717, 1.165) is 17.8 Å². The van der Waals surface area contributed by atoms with Crippen molar-refractivity contribution in [3.05, 3.63) is 52.8 Å². The largest absolute Gasteiger partial charge is 0.355 e. The summed E-state index contributed by atoms with van der Waals surface area (Å²) in [5.74, 6) is 0.440. The highest BCUT2D eigenvalue weighted by atomic mass is 16.1. The number of aromatic nitrogens is 1. The standard InChI is InChI=1S/C20H27N3O/c1-13(2)6-8-22-20(24)18-12-17(7-9-21-18)23-19-15(4)10-14(3)11-16(19)5/h7,9-13H,6,8H2,1-5H3,(H,21,23)(H,22,24). The van der Waals surface area contributed by atoms with Crippen LogP contribution >= 0.6 is 0 Å². The smallest absolute Gasteiger partial charge is 0.269 e. The van der Waals surface area contributed by atoms with Crippen LogP contribution in [0, 0.1) is 26.7 Å². The van der Waals surface area contributed by atoms with Crippen molar-refractivity contribution in [1.82, 2.24) is 10.3 Å². The topological polar surface area (TPSA) is 54.0 Å². The number of anilines is 2. The number of carbonyl (C=O) groups is 1. The molecule has 0 bridgehead atoms. The molecule has 4 heteroatoms. The Hall–Kier alpha value is -2.36. The molecule has 0 unspecified atom stereocenters. The van der Waals surface area contributed by atoms with Crippen LogP contribution in [-0.2, 0) is 0 Å². The normalized spacial score (nSPS) is 10.8. The third-order valence-corrected chi connectivity index (χ3v) is 3.95. The van der Waals surface area contributed by atoms with Gasteiger partial charge in [0.25, 0.3) is 5.91 Å². The molecule has 0 saturated carbocycles. The molecule has 0 aliphatic heterocycles. The molecule has 0 atom stereocenters. The minimum Gasteiger partial charge on any atom is -0.355 e. The van der Waals surface area contributed by atoms with Gasteiger partial charge in [-0.3, -0.25) is 9.78 Å². The van der Waals surface area contributed by atoms with E-state index in [9.17, 15) is 4.79 Å². The minimum absolute atomic E-state index is 0.128. The van der Waals surface area contributed by atoms with Crippen molar-refractivity contribution in [1.29, 1.82) is 0 Å². The van der Waals surface area contributed by atoms with Gasteiger partial charge in [-0.1, -0.05) is 31.5 Å². The van der Waals surface area contributed by atoms with Gasteiger partial charge in [-0.25, -0.2) is 0 Å². The molecular formula is C20H27N3O. The fourth-order valence-electron chi connectivity index (χ4n) is 2.72. The number of rotatable bonds is 6. The number of nitrogens with one attached hydrogen (secondary N) is 2. The predicted molar refractivity (Wildman–Crippen MR) is 100.0 cm³/mol. The summed E-state index contributed by atoms with van der Waals surface area (Å²) < 4.78 is 0. The highest BCUT2D eigenvalue weighted by Gasteiger charge is 2.09. The van der Waals surface area contributed by atoms with Crippen molar-refractivity contribution in [2.45, 2.75) is 41.0 Å². The Morgan fingerprint density at radius 3 is 2.42 bits per heavy atom. The van der Waals surface area contributed by atoms with Crippen LogP contribution in [0.25, 0.3) is 0 Å². The van der Waals surface area contributed by atoms with E-state index in [2.05, 4.69) is 62.4 Å². The van der Waals surface area contributed by atoms with Crippen LogP contribution in [0.5, 0.6) is 0 Å². The molecule has 0 aliphatic rings. The molecule has 1 aromatic heterocycles. The van der Waals surface area contributed by atoms with Crippen LogP contribution in [-0.4, -0.2) is 17.4 Å². The molecule has 0 aliphatic carbocycles. The average molecular weight is 325 g/mol. The quantitative estimate of drug-likeness (QED) is 0.820. The maximum Gasteiger partial charge on any atom is 0.269 e. The highest BCUT2D eigenvalue weighted by Crippen LogP contribution is 2.25. The molecule has 2 rings (SSSR count). The molecule has 2 aromatic rings. The number of hydrogen-bond acceptors (Lipinski definition) is 3. The Labute approximate surface area is 144 Å². The number of amides is 1. The van der Waals surface area contributed by atoms with E-state index in [-0.39, 0.29) is 5.91 Å². The van der Waals surface area contributed by atoms with Gasteiger partial charge in [0.1, 0.15) is 5.69 Å². The third kappa shape index (κ3) is 4.82. The first-order chi connectivity index (χ1) is 11.4. The maximum atomic E-state index is 12.2. The summed E-state index contributed by atoms with van der Waals surface area (Å²) in [7, 11) is 0. The molecule has 1 heterocycles. The second-order valence-electron chi connectivity index (χ2n) is 6.77. The lowest BCUT2D eigenvalue weighted by Gasteiger charge is -2.14. The van der Waals surface area contributed by atoms with E-state index < -0.39 is 0 Å². The lowest BCUT2D eigenvalue weighted by atomic mass is 10.0. The van der Waals surface area contributed by atoms with Crippen LogP contribution < -0.4 is 10.6 Å². The molecule has 1 amide bonds. The van der Waals surface area contributed by atoms with Gasteiger partial charge in [-0.2, -0.15) is 0 Å².